The van der Waals surface area contributed by atoms with Gasteiger partial charge in [-0.05, 0) is 57.0 Å². The highest BCUT2D eigenvalue weighted by Gasteiger charge is 2.34. The number of ether oxygens (including phenoxy) is 4. The predicted octanol–water partition coefficient (Wildman–Crippen LogP) is 4.47. The molecule has 0 bridgehead atoms. The summed E-state index contributed by atoms with van der Waals surface area (Å²) in [6, 6.07) is 6.79. The van der Waals surface area contributed by atoms with Crippen molar-refractivity contribution in [1.29, 1.82) is 0 Å². The Hall–Kier alpha value is -2.77. The molecule has 0 N–H and O–H groups in total. The number of thiophene rings is 1. The molecular formula is C25H32N2O8S2. The molecule has 12 heteroatoms. The maximum Gasteiger partial charge on any atom is 0.337 e. The van der Waals surface area contributed by atoms with E-state index in [4.69, 9.17) is 23.5 Å². The molecule has 37 heavy (non-hydrogen) atoms. The second-order valence-corrected chi connectivity index (χ2v) is 11.5. The van der Waals surface area contributed by atoms with Gasteiger partial charge in [0.25, 0.3) is 10.0 Å². The molecule has 3 aromatic rings. The third-order valence-electron chi connectivity index (χ3n) is 5.62. The van der Waals surface area contributed by atoms with E-state index < -0.39 is 16.0 Å². The van der Waals surface area contributed by atoms with Crippen molar-refractivity contribution in [2.75, 3.05) is 45.1 Å². The van der Waals surface area contributed by atoms with Crippen LogP contribution < -0.4 is 4.31 Å². The predicted molar refractivity (Wildman–Crippen MR) is 139 cm³/mol. The molecule has 2 aromatic heterocycles. The fraction of sp³-hybridized carbons (Fsp3) is 0.440. The molecule has 1 aromatic carbocycles. The normalized spacial score (nSPS) is 11.6. The van der Waals surface area contributed by atoms with E-state index in [1.165, 1.54) is 14.2 Å². The highest BCUT2D eigenvalue weighted by molar-refractivity contribution is 7.95. The van der Waals surface area contributed by atoms with Crippen LogP contribution in [-0.4, -0.2) is 60.3 Å². The van der Waals surface area contributed by atoms with Crippen molar-refractivity contribution in [2.45, 2.75) is 38.5 Å². The number of rotatable bonds is 13. The lowest BCUT2D eigenvalue weighted by molar-refractivity contribution is 0.0600. The Morgan fingerprint density at radius 2 is 1.84 bits per heavy atom. The summed E-state index contributed by atoms with van der Waals surface area (Å²) >= 11 is 1.14. The second kappa shape index (κ2) is 12.7. The van der Waals surface area contributed by atoms with Crippen LogP contribution in [0.1, 0.15) is 39.0 Å². The lowest BCUT2D eigenvalue weighted by Crippen LogP contribution is -2.34. The minimum atomic E-state index is -4.16. The van der Waals surface area contributed by atoms with Crippen LogP contribution in [0.2, 0.25) is 0 Å². The van der Waals surface area contributed by atoms with E-state index in [0.717, 1.165) is 20.5 Å². The number of hydrogen-bond acceptors (Lipinski definition) is 10. The lowest BCUT2D eigenvalue weighted by atomic mass is 9.99. The largest absolute Gasteiger partial charge is 0.465 e. The molecule has 0 saturated carbocycles. The number of carbonyl (C=O) groups excluding carboxylic acids is 1. The molecular weight excluding hydrogens is 520 g/mol. The average molecular weight is 553 g/mol. The molecule has 0 atom stereocenters. The van der Waals surface area contributed by atoms with Gasteiger partial charge in [0, 0.05) is 29.7 Å². The van der Waals surface area contributed by atoms with Crippen molar-refractivity contribution < 1.29 is 36.7 Å². The van der Waals surface area contributed by atoms with Crippen LogP contribution >= 0.6 is 11.3 Å². The smallest absolute Gasteiger partial charge is 0.337 e. The first-order valence-electron chi connectivity index (χ1n) is 11.6. The molecule has 3 rings (SSSR count). The molecule has 0 radical (unpaired) electrons. The van der Waals surface area contributed by atoms with Gasteiger partial charge in [0.2, 0.25) is 5.88 Å². The lowest BCUT2D eigenvalue weighted by Gasteiger charge is -2.22. The van der Waals surface area contributed by atoms with E-state index in [2.05, 4.69) is 5.16 Å². The molecule has 2 heterocycles. The Labute approximate surface area is 221 Å². The summed E-state index contributed by atoms with van der Waals surface area (Å²) < 4.78 is 56.0. The van der Waals surface area contributed by atoms with Gasteiger partial charge in [-0.3, -0.25) is 0 Å². The van der Waals surface area contributed by atoms with Crippen molar-refractivity contribution in [2.24, 2.45) is 0 Å². The minimum absolute atomic E-state index is 0.0856. The summed E-state index contributed by atoms with van der Waals surface area (Å²) in [5, 5.41) is 3.94. The Bertz CT molecular complexity index is 1330. The van der Waals surface area contributed by atoms with Gasteiger partial charge in [-0.25, -0.2) is 9.10 Å². The summed E-state index contributed by atoms with van der Waals surface area (Å²) in [6.45, 7) is 8.02. The number of benzene rings is 1. The topological polar surface area (TPSA) is 117 Å². The number of aryl methyl sites for hydroxylation is 2. The monoisotopic (exact) mass is 552 g/mol. The summed E-state index contributed by atoms with van der Waals surface area (Å²) in [7, 11) is -1.31. The molecule has 0 amide bonds. The second-order valence-electron chi connectivity index (χ2n) is 8.14. The quantitative estimate of drug-likeness (QED) is 0.172. The zero-order chi connectivity index (χ0) is 27.2. The fourth-order valence-corrected chi connectivity index (χ4v) is 6.65. The van der Waals surface area contributed by atoms with E-state index in [1.807, 2.05) is 19.9 Å². The maximum atomic E-state index is 14.1. The summed E-state index contributed by atoms with van der Waals surface area (Å²) in [6.07, 6.45) is 0. The average Bonchev–Trinajstić information content (AvgIpc) is 3.44. The third kappa shape index (κ3) is 6.39. The van der Waals surface area contributed by atoms with Gasteiger partial charge in [0.05, 0.1) is 38.2 Å². The standard InChI is InChI=1S/C25H32N2O8S2/c1-7-33-14-20-13-19(24(28)32-6)8-9-21(20)22-12-16(2)36-25(22)37(29,30)27(15-34-11-10-31-5)23-17(3)18(4)26-35-23/h8-9,12-13H,7,10-11,14-15H2,1-6H3. The zero-order valence-corrected chi connectivity index (χ0v) is 23.5. The van der Waals surface area contributed by atoms with E-state index in [1.54, 1.807) is 32.0 Å². The van der Waals surface area contributed by atoms with Crippen LogP contribution in [0.5, 0.6) is 0 Å². The number of aromatic nitrogens is 1. The summed E-state index contributed by atoms with van der Waals surface area (Å²) in [4.78, 5) is 12.9. The number of hydrogen-bond donors (Lipinski definition) is 0. The summed E-state index contributed by atoms with van der Waals surface area (Å²) in [5.41, 5.74) is 3.30. The zero-order valence-electron chi connectivity index (χ0n) is 21.8. The van der Waals surface area contributed by atoms with Gasteiger partial charge in [-0.1, -0.05) is 11.2 Å². The molecule has 0 aliphatic carbocycles. The van der Waals surface area contributed by atoms with Crippen molar-refractivity contribution in [3.8, 4) is 11.1 Å². The first kappa shape index (κ1) is 28.8. The van der Waals surface area contributed by atoms with Crippen LogP contribution in [-0.2, 0) is 35.6 Å². The molecule has 0 fully saturated rings. The highest BCUT2D eigenvalue weighted by atomic mass is 32.2. The van der Waals surface area contributed by atoms with Crippen molar-refractivity contribution in [3.63, 3.8) is 0 Å². The minimum Gasteiger partial charge on any atom is -0.465 e. The molecule has 10 nitrogen and oxygen atoms in total. The van der Waals surface area contributed by atoms with E-state index in [-0.39, 0.29) is 30.0 Å². The number of sulfonamides is 1. The number of esters is 1. The number of methoxy groups -OCH3 is 2. The van der Waals surface area contributed by atoms with Gasteiger partial charge in [-0.2, -0.15) is 8.42 Å². The first-order chi connectivity index (χ1) is 17.6. The Kier molecular flexibility index (Phi) is 9.85. The number of nitrogens with zero attached hydrogens (tertiary/aromatic N) is 2. The molecule has 0 unspecified atom stereocenters. The van der Waals surface area contributed by atoms with Crippen LogP contribution in [0.15, 0.2) is 33.0 Å². The van der Waals surface area contributed by atoms with Gasteiger partial charge in [0.15, 0.2) is 0 Å². The Morgan fingerprint density at radius 1 is 1.08 bits per heavy atom. The molecule has 202 valence electrons. The Balaban J connectivity index is 2.14. The van der Waals surface area contributed by atoms with Gasteiger partial charge in [-0.15, -0.1) is 11.3 Å². The van der Waals surface area contributed by atoms with Crippen LogP contribution in [0.25, 0.3) is 11.1 Å². The SMILES string of the molecule is CCOCc1cc(C(=O)OC)ccc1-c1cc(C)sc1S(=O)(=O)N(COCCOC)c1onc(C)c1C. The fourth-order valence-electron chi connectivity index (χ4n) is 3.57. The van der Waals surface area contributed by atoms with Gasteiger partial charge < -0.3 is 23.5 Å². The summed E-state index contributed by atoms with van der Waals surface area (Å²) in [5.74, 6) is -0.406. The highest BCUT2D eigenvalue weighted by Crippen LogP contribution is 2.40. The van der Waals surface area contributed by atoms with Gasteiger partial charge >= 0.3 is 5.97 Å². The molecule has 0 aliphatic rings. The molecule has 0 aliphatic heterocycles. The maximum absolute atomic E-state index is 14.1. The van der Waals surface area contributed by atoms with Crippen LogP contribution in [0, 0.1) is 20.8 Å². The van der Waals surface area contributed by atoms with Crippen LogP contribution in [0.4, 0.5) is 5.88 Å². The first-order valence-corrected chi connectivity index (χ1v) is 13.8. The van der Waals surface area contributed by atoms with E-state index in [0.29, 0.717) is 46.7 Å². The van der Waals surface area contributed by atoms with Gasteiger partial charge in [0.1, 0.15) is 10.9 Å². The van der Waals surface area contributed by atoms with E-state index in [9.17, 15) is 13.2 Å². The number of anilines is 1. The van der Waals surface area contributed by atoms with Crippen molar-refractivity contribution in [1.82, 2.24) is 5.16 Å². The molecule has 0 spiro atoms. The Morgan fingerprint density at radius 3 is 2.46 bits per heavy atom. The van der Waals surface area contributed by atoms with Crippen molar-refractivity contribution >= 4 is 33.2 Å². The van der Waals surface area contributed by atoms with E-state index >= 15 is 0 Å². The van der Waals surface area contributed by atoms with Crippen molar-refractivity contribution in [3.05, 3.63) is 51.5 Å². The number of carbonyl (C=O) groups is 1. The van der Waals surface area contributed by atoms with Crippen LogP contribution in [0.3, 0.4) is 0 Å². The molecule has 0 saturated heterocycles. The third-order valence-corrected chi connectivity index (χ3v) is 8.89.